The Morgan fingerprint density at radius 3 is 2.74 bits per heavy atom. The van der Waals surface area contributed by atoms with Crippen LogP contribution < -0.4 is 4.74 Å². The van der Waals surface area contributed by atoms with Gasteiger partial charge in [-0.3, -0.25) is 4.98 Å². The maximum Gasteiger partial charge on any atom is 0.410 e. The molecule has 1 heterocycles. The summed E-state index contributed by atoms with van der Waals surface area (Å²) in [5.41, 5.74) is 0.269. The number of halogens is 1. The van der Waals surface area contributed by atoms with Crippen molar-refractivity contribution in [1.29, 1.82) is 0 Å². The maximum atomic E-state index is 11.8. The number of amides is 1. The number of pyridine rings is 1. The molecule has 1 aromatic heterocycles. The van der Waals surface area contributed by atoms with E-state index in [-0.39, 0.29) is 6.09 Å². The average Bonchev–Trinajstić information content (AvgIpc) is 2.45. The van der Waals surface area contributed by atoms with Crippen LogP contribution in [0.2, 0.25) is 5.02 Å². The summed E-state index contributed by atoms with van der Waals surface area (Å²) in [6.45, 7) is 6.30. The van der Waals surface area contributed by atoms with Crippen LogP contribution in [0.4, 0.5) is 4.79 Å². The standard InChI is InChI=1S/C17H21ClN2O3/c1-17(2,3)23-16(21)20(4)9-10-22-12-5-6-13-14(18)7-8-19-15(13)11-12/h5-8,11H,9-10H2,1-4H3. The van der Waals surface area contributed by atoms with Gasteiger partial charge in [0.05, 0.1) is 17.1 Å². The Labute approximate surface area is 141 Å². The van der Waals surface area contributed by atoms with Crippen molar-refractivity contribution >= 4 is 28.6 Å². The molecular weight excluding hydrogens is 316 g/mol. The smallest absolute Gasteiger partial charge is 0.410 e. The monoisotopic (exact) mass is 336 g/mol. The van der Waals surface area contributed by atoms with Gasteiger partial charge in [0.1, 0.15) is 18.0 Å². The Morgan fingerprint density at radius 1 is 1.30 bits per heavy atom. The summed E-state index contributed by atoms with van der Waals surface area (Å²) in [6.07, 6.45) is 1.29. The second-order valence-electron chi connectivity index (χ2n) is 6.22. The Bertz CT molecular complexity index is 698. The second kappa shape index (κ2) is 7.04. The molecule has 0 saturated carbocycles. The van der Waals surface area contributed by atoms with Crippen LogP contribution in [0.1, 0.15) is 20.8 Å². The quantitative estimate of drug-likeness (QED) is 0.842. The molecule has 0 spiro atoms. The molecule has 1 aromatic carbocycles. The van der Waals surface area contributed by atoms with Gasteiger partial charge in [0.15, 0.2) is 0 Å². The van der Waals surface area contributed by atoms with Gasteiger partial charge in [0.2, 0.25) is 0 Å². The number of nitrogens with zero attached hydrogens (tertiary/aromatic N) is 2. The molecule has 1 amide bonds. The number of rotatable bonds is 4. The van der Waals surface area contributed by atoms with Crippen LogP contribution in [0, 0.1) is 0 Å². The lowest BCUT2D eigenvalue weighted by Crippen LogP contribution is -2.36. The van der Waals surface area contributed by atoms with Gasteiger partial charge >= 0.3 is 6.09 Å². The molecule has 2 rings (SSSR count). The molecule has 0 aliphatic rings. The van der Waals surface area contributed by atoms with Gasteiger partial charge in [-0.25, -0.2) is 4.79 Å². The Kier molecular flexibility index (Phi) is 5.31. The van der Waals surface area contributed by atoms with Crippen molar-refractivity contribution in [3.63, 3.8) is 0 Å². The summed E-state index contributed by atoms with van der Waals surface area (Å²) < 4.78 is 11.0. The lowest BCUT2D eigenvalue weighted by atomic mass is 10.2. The number of likely N-dealkylation sites (N-methyl/N-ethyl adjacent to an activating group) is 1. The van der Waals surface area contributed by atoms with Crippen LogP contribution >= 0.6 is 11.6 Å². The topological polar surface area (TPSA) is 51.7 Å². The molecule has 0 aliphatic carbocycles. The number of hydrogen-bond acceptors (Lipinski definition) is 4. The Hall–Kier alpha value is -2.01. The number of aromatic nitrogens is 1. The van der Waals surface area contributed by atoms with Crippen molar-refractivity contribution in [3.05, 3.63) is 35.5 Å². The largest absolute Gasteiger partial charge is 0.492 e. The number of ether oxygens (including phenoxy) is 2. The molecule has 0 unspecified atom stereocenters. The maximum absolute atomic E-state index is 11.8. The van der Waals surface area contributed by atoms with E-state index in [0.29, 0.717) is 23.9 Å². The first-order chi connectivity index (χ1) is 10.8. The zero-order chi connectivity index (χ0) is 17.0. The van der Waals surface area contributed by atoms with Crippen molar-refractivity contribution < 1.29 is 14.3 Å². The highest BCUT2D eigenvalue weighted by atomic mass is 35.5. The Balaban J connectivity index is 1.90. The van der Waals surface area contributed by atoms with E-state index in [2.05, 4.69) is 4.98 Å². The number of carbonyl (C=O) groups excluding carboxylic acids is 1. The van der Waals surface area contributed by atoms with Crippen LogP contribution in [0.5, 0.6) is 5.75 Å². The van der Waals surface area contributed by atoms with E-state index in [1.807, 2.05) is 39.0 Å². The third-order valence-corrected chi connectivity index (χ3v) is 3.39. The van der Waals surface area contributed by atoms with Crippen LogP contribution in [-0.2, 0) is 4.74 Å². The number of benzene rings is 1. The van der Waals surface area contributed by atoms with E-state index >= 15 is 0 Å². The van der Waals surface area contributed by atoms with Crippen LogP contribution in [-0.4, -0.2) is 41.8 Å². The molecule has 124 valence electrons. The van der Waals surface area contributed by atoms with Gasteiger partial charge in [0, 0.05) is 24.7 Å². The van der Waals surface area contributed by atoms with E-state index in [1.54, 1.807) is 19.3 Å². The minimum absolute atomic E-state index is 0.363. The third kappa shape index (κ3) is 4.99. The van der Waals surface area contributed by atoms with Gasteiger partial charge in [-0.15, -0.1) is 0 Å². The molecule has 23 heavy (non-hydrogen) atoms. The summed E-state index contributed by atoms with van der Waals surface area (Å²) >= 11 is 6.10. The predicted octanol–water partition coefficient (Wildman–Crippen LogP) is 4.13. The summed E-state index contributed by atoms with van der Waals surface area (Å²) in [5.74, 6) is 0.685. The van der Waals surface area contributed by atoms with E-state index in [1.165, 1.54) is 4.90 Å². The first-order valence-electron chi connectivity index (χ1n) is 7.37. The SMILES string of the molecule is CN(CCOc1ccc2c(Cl)ccnc2c1)C(=O)OC(C)(C)C. The predicted molar refractivity (Wildman–Crippen MR) is 91.1 cm³/mol. The lowest BCUT2D eigenvalue weighted by Gasteiger charge is -2.24. The van der Waals surface area contributed by atoms with Gasteiger partial charge < -0.3 is 14.4 Å². The second-order valence-corrected chi connectivity index (χ2v) is 6.63. The summed E-state index contributed by atoms with van der Waals surface area (Å²) in [4.78, 5) is 17.6. The zero-order valence-corrected chi connectivity index (χ0v) is 14.6. The van der Waals surface area contributed by atoms with Crippen molar-refractivity contribution in [2.24, 2.45) is 0 Å². The first-order valence-corrected chi connectivity index (χ1v) is 7.75. The number of fused-ring (bicyclic) bond motifs is 1. The molecule has 6 heteroatoms. The molecular formula is C17H21ClN2O3. The highest BCUT2D eigenvalue weighted by Crippen LogP contribution is 2.25. The minimum Gasteiger partial charge on any atom is -0.492 e. The first kappa shape index (κ1) is 17.3. The van der Waals surface area contributed by atoms with Crippen molar-refractivity contribution in [2.75, 3.05) is 20.2 Å². The number of hydrogen-bond donors (Lipinski definition) is 0. The average molecular weight is 337 g/mol. The van der Waals surface area contributed by atoms with E-state index < -0.39 is 5.60 Å². The number of carbonyl (C=O) groups is 1. The lowest BCUT2D eigenvalue weighted by molar-refractivity contribution is 0.0278. The van der Waals surface area contributed by atoms with Gasteiger partial charge in [-0.05, 0) is 39.0 Å². The van der Waals surface area contributed by atoms with Gasteiger partial charge in [-0.1, -0.05) is 11.6 Å². The molecule has 0 N–H and O–H groups in total. The molecule has 2 aromatic rings. The summed E-state index contributed by atoms with van der Waals surface area (Å²) in [5, 5.41) is 1.54. The van der Waals surface area contributed by atoms with E-state index in [4.69, 9.17) is 21.1 Å². The van der Waals surface area contributed by atoms with Crippen LogP contribution in [0.15, 0.2) is 30.5 Å². The van der Waals surface area contributed by atoms with Crippen molar-refractivity contribution in [1.82, 2.24) is 9.88 Å². The fraction of sp³-hybridized carbons (Fsp3) is 0.412. The normalized spacial score (nSPS) is 11.3. The fourth-order valence-electron chi connectivity index (χ4n) is 1.91. The molecule has 0 saturated heterocycles. The van der Waals surface area contributed by atoms with Crippen LogP contribution in [0.25, 0.3) is 10.9 Å². The van der Waals surface area contributed by atoms with Gasteiger partial charge in [0.25, 0.3) is 0 Å². The van der Waals surface area contributed by atoms with Crippen LogP contribution in [0.3, 0.4) is 0 Å². The molecule has 0 fully saturated rings. The highest BCUT2D eigenvalue weighted by Gasteiger charge is 2.19. The molecule has 0 bridgehead atoms. The van der Waals surface area contributed by atoms with Crippen molar-refractivity contribution in [2.45, 2.75) is 26.4 Å². The highest BCUT2D eigenvalue weighted by molar-refractivity contribution is 6.35. The molecule has 0 aliphatic heterocycles. The zero-order valence-electron chi connectivity index (χ0n) is 13.8. The molecule has 0 atom stereocenters. The van der Waals surface area contributed by atoms with Crippen molar-refractivity contribution in [3.8, 4) is 5.75 Å². The fourth-order valence-corrected chi connectivity index (χ4v) is 2.13. The molecule has 5 nitrogen and oxygen atoms in total. The van der Waals surface area contributed by atoms with E-state index in [0.717, 1.165) is 10.9 Å². The summed E-state index contributed by atoms with van der Waals surface area (Å²) in [6, 6.07) is 7.29. The summed E-state index contributed by atoms with van der Waals surface area (Å²) in [7, 11) is 1.68. The van der Waals surface area contributed by atoms with E-state index in [9.17, 15) is 4.79 Å². The minimum atomic E-state index is -0.504. The molecule has 0 radical (unpaired) electrons. The Morgan fingerprint density at radius 2 is 2.04 bits per heavy atom. The third-order valence-electron chi connectivity index (χ3n) is 3.06. The van der Waals surface area contributed by atoms with Gasteiger partial charge in [-0.2, -0.15) is 0 Å².